The molecular weight excluding hydrogens is 488 g/mol. The summed E-state index contributed by atoms with van der Waals surface area (Å²) in [5, 5.41) is 6.86. The van der Waals surface area contributed by atoms with Gasteiger partial charge in [0, 0.05) is 16.9 Å². The zero-order valence-corrected chi connectivity index (χ0v) is 21.9. The highest BCUT2D eigenvalue weighted by Gasteiger charge is 2.34. The Kier molecular flexibility index (Phi) is 5.44. The van der Waals surface area contributed by atoms with Crippen molar-refractivity contribution in [3.05, 3.63) is 119 Å². The number of hydrogen-bond donors (Lipinski definition) is 0. The van der Waals surface area contributed by atoms with Crippen molar-refractivity contribution in [1.82, 2.24) is 19.6 Å². The highest BCUT2D eigenvalue weighted by Crippen LogP contribution is 2.50. The highest BCUT2D eigenvalue weighted by atomic mass is 16.5. The lowest BCUT2D eigenvalue weighted by atomic mass is 9.83. The molecule has 2 aromatic heterocycles. The van der Waals surface area contributed by atoms with E-state index in [4.69, 9.17) is 29.3 Å². The number of aromatic nitrogens is 4. The number of fused-ring (bicyclic) bond motifs is 6. The summed E-state index contributed by atoms with van der Waals surface area (Å²) >= 11 is 0. The SMILES string of the molecule is COc1ccc([C@H]2c3ccc4ccccc4c3Oc3ncn4nc(COc5c(C)cccc5C)nc4c32)cc1. The van der Waals surface area contributed by atoms with Gasteiger partial charge in [-0.1, -0.05) is 66.7 Å². The van der Waals surface area contributed by atoms with Gasteiger partial charge in [0.2, 0.25) is 5.88 Å². The van der Waals surface area contributed by atoms with E-state index < -0.39 is 0 Å². The first kappa shape index (κ1) is 23.2. The summed E-state index contributed by atoms with van der Waals surface area (Å²) in [6.45, 7) is 4.33. The van der Waals surface area contributed by atoms with Gasteiger partial charge in [-0.25, -0.2) is 14.5 Å². The number of rotatable bonds is 5. The molecule has 7 heteroatoms. The molecule has 0 spiro atoms. The fourth-order valence-corrected chi connectivity index (χ4v) is 5.46. The smallest absolute Gasteiger partial charge is 0.228 e. The molecule has 0 fully saturated rings. The second-order valence-corrected chi connectivity index (χ2v) is 9.78. The lowest BCUT2D eigenvalue weighted by Crippen LogP contribution is -2.15. The van der Waals surface area contributed by atoms with Gasteiger partial charge in [-0.15, -0.1) is 5.10 Å². The normalized spacial score (nSPS) is 14.1. The van der Waals surface area contributed by atoms with Gasteiger partial charge in [0.1, 0.15) is 30.2 Å². The fraction of sp³-hybridized carbons (Fsp3) is 0.156. The van der Waals surface area contributed by atoms with Crippen molar-refractivity contribution < 1.29 is 14.2 Å². The van der Waals surface area contributed by atoms with E-state index in [1.165, 1.54) is 0 Å². The summed E-state index contributed by atoms with van der Waals surface area (Å²) < 4.78 is 19.8. The Morgan fingerprint density at radius 3 is 2.49 bits per heavy atom. The Balaban J connectivity index is 1.37. The summed E-state index contributed by atoms with van der Waals surface area (Å²) in [7, 11) is 1.67. The largest absolute Gasteiger partial charge is 0.497 e. The number of benzene rings is 4. The minimum Gasteiger partial charge on any atom is -0.497 e. The minimum absolute atomic E-state index is 0.160. The van der Waals surface area contributed by atoms with Crippen LogP contribution < -0.4 is 14.2 Å². The molecule has 0 unspecified atom stereocenters. The quantitative estimate of drug-likeness (QED) is 0.253. The second kappa shape index (κ2) is 9.13. The van der Waals surface area contributed by atoms with Crippen molar-refractivity contribution in [1.29, 1.82) is 0 Å². The number of para-hydroxylation sites is 1. The number of nitrogens with zero attached hydrogens (tertiary/aromatic N) is 4. The van der Waals surface area contributed by atoms with Crippen LogP contribution in [0.15, 0.2) is 85.2 Å². The molecule has 3 heterocycles. The average Bonchev–Trinajstić information content (AvgIpc) is 3.39. The molecule has 1 aliphatic rings. The van der Waals surface area contributed by atoms with Crippen molar-refractivity contribution in [2.24, 2.45) is 0 Å². The topological polar surface area (TPSA) is 70.8 Å². The van der Waals surface area contributed by atoms with Gasteiger partial charge in [-0.2, -0.15) is 0 Å². The van der Waals surface area contributed by atoms with Crippen LogP contribution in [0.25, 0.3) is 16.4 Å². The maximum Gasteiger partial charge on any atom is 0.228 e. The van der Waals surface area contributed by atoms with Crippen LogP contribution in [-0.2, 0) is 6.61 Å². The van der Waals surface area contributed by atoms with Crippen molar-refractivity contribution in [3.8, 4) is 23.1 Å². The van der Waals surface area contributed by atoms with Gasteiger partial charge >= 0.3 is 0 Å². The Bertz CT molecular complexity index is 1840. The van der Waals surface area contributed by atoms with Crippen molar-refractivity contribution >= 4 is 16.4 Å². The van der Waals surface area contributed by atoms with E-state index in [9.17, 15) is 0 Å². The first-order valence-corrected chi connectivity index (χ1v) is 12.9. The maximum absolute atomic E-state index is 6.52. The molecule has 39 heavy (non-hydrogen) atoms. The van der Waals surface area contributed by atoms with Gasteiger partial charge in [0.25, 0.3) is 0 Å². The van der Waals surface area contributed by atoms with Crippen molar-refractivity contribution in [3.63, 3.8) is 0 Å². The third-order valence-corrected chi connectivity index (χ3v) is 7.34. The predicted octanol–water partition coefficient (Wildman–Crippen LogP) is 6.77. The Hall–Kier alpha value is -4.91. The predicted molar refractivity (Wildman–Crippen MR) is 149 cm³/mol. The van der Waals surface area contributed by atoms with Gasteiger partial charge in [0.05, 0.1) is 12.7 Å². The van der Waals surface area contributed by atoms with E-state index in [1.54, 1.807) is 18.0 Å². The highest BCUT2D eigenvalue weighted by molar-refractivity contribution is 5.91. The Morgan fingerprint density at radius 2 is 1.69 bits per heavy atom. The molecule has 4 aromatic carbocycles. The van der Waals surface area contributed by atoms with E-state index in [1.807, 2.05) is 56.3 Å². The summed E-state index contributed by atoms with van der Waals surface area (Å²) in [5.41, 5.74) is 5.86. The summed E-state index contributed by atoms with van der Waals surface area (Å²) in [6, 6.07) is 26.8. The van der Waals surface area contributed by atoms with E-state index >= 15 is 0 Å². The lowest BCUT2D eigenvalue weighted by molar-refractivity contribution is 0.292. The molecule has 0 radical (unpaired) electrons. The van der Waals surface area contributed by atoms with Crippen LogP contribution in [0.4, 0.5) is 0 Å². The molecule has 1 atom stereocenters. The van der Waals surface area contributed by atoms with Gasteiger partial charge in [-0.3, -0.25) is 0 Å². The Morgan fingerprint density at radius 1 is 0.897 bits per heavy atom. The first-order valence-electron chi connectivity index (χ1n) is 12.9. The average molecular weight is 515 g/mol. The van der Waals surface area contributed by atoms with E-state index in [0.29, 0.717) is 17.4 Å². The molecule has 0 aliphatic carbocycles. The molecule has 7 nitrogen and oxygen atoms in total. The third-order valence-electron chi connectivity index (χ3n) is 7.34. The number of ether oxygens (including phenoxy) is 3. The van der Waals surface area contributed by atoms with Crippen LogP contribution in [0.5, 0.6) is 23.1 Å². The number of aryl methyl sites for hydroxylation is 2. The van der Waals surface area contributed by atoms with Crippen LogP contribution in [0.3, 0.4) is 0 Å². The van der Waals surface area contributed by atoms with Crippen LogP contribution in [0.1, 0.15) is 39.6 Å². The number of hydrogen-bond acceptors (Lipinski definition) is 6. The summed E-state index contributed by atoms with van der Waals surface area (Å²) in [6.07, 6.45) is 1.66. The lowest BCUT2D eigenvalue weighted by Gasteiger charge is -2.28. The Labute approximate surface area is 225 Å². The van der Waals surface area contributed by atoms with Crippen LogP contribution in [0.2, 0.25) is 0 Å². The molecule has 0 bridgehead atoms. The van der Waals surface area contributed by atoms with Crippen molar-refractivity contribution in [2.45, 2.75) is 26.4 Å². The van der Waals surface area contributed by atoms with Crippen molar-refractivity contribution in [2.75, 3.05) is 7.11 Å². The van der Waals surface area contributed by atoms with E-state index in [2.05, 4.69) is 36.4 Å². The second-order valence-electron chi connectivity index (χ2n) is 9.78. The van der Waals surface area contributed by atoms with Crippen LogP contribution in [-0.4, -0.2) is 26.7 Å². The maximum atomic E-state index is 6.52. The standard InChI is InChI=1S/C32H26N4O3/c1-19-7-6-8-20(2)29(19)38-17-26-34-31-28-27(22-11-14-23(37-3)15-12-22)25-16-13-21-9-4-5-10-24(21)30(25)39-32(28)33-18-36(31)35-26/h4-16,18,27H,17H2,1-3H3/t27-/m0/s1. The van der Waals surface area contributed by atoms with E-state index in [0.717, 1.165) is 55.8 Å². The summed E-state index contributed by atoms with van der Waals surface area (Å²) in [5.74, 6) is 3.42. The first-order chi connectivity index (χ1) is 19.1. The zero-order valence-electron chi connectivity index (χ0n) is 21.9. The molecule has 0 N–H and O–H groups in total. The zero-order chi connectivity index (χ0) is 26.5. The van der Waals surface area contributed by atoms with Gasteiger partial charge in [0.15, 0.2) is 11.5 Å². The summed E-state index contributed by atoms with van der Waals surface area (Å²) in [4.78, 5) is 9.62. The molecule has 0 saturated heterocycles. The number of methoxy groups -OCH3 is 1. The van der Waals surface area contributed by atoms with Crippen LogP contribution >= 0.6 is 0 Å². The fourth-order valence-electron chi connectivity index (χ4n) is 5.46. The molecule has 192 valence electrons. The molecular formula is C32H26N4O3. The monoisotopic (exact) mass is 514 g/mol. The van der Waals surface area contributed by atoms with Gasteiger partial charge in [-0.05, 0) is 48.1 Å². The molecule has 0 saturated carbocycles. The van der Waals surface area contributed by atoms with Gasteiger partial charge < -0.3 is 14.2 Å². The third kappa shape index (κ3) is 3.85. The molecule has 6 aromatic rings. The minimum atomic E-state index is -0.160. The molecule has 1 aliphatic heterocycles. The molecule has 7 rings (SSSR count). The van der Waals surface area contributed by atoms with E-state index in [-0.39, 0.29) is 12.5 Å². The van der Waals surface area contributed by atoms with Crippen LogP contribution in [0, 0.1) is 13.8 Å². The molecule has 0 amide bonds.